The van der Waals surface area contributed by atoms with E-state index in [2.05, 4.69) is 5.32 Å². The van der Waals surface area contributed by atoms with Crippen LogP contribution in [0.2, 0.25) is 0 Å². The molecule has 0 radical (unpaired) electrons. The van der Waals surface area contributed by atoms with Crippen molar-refractivity contribution in [2.24, 2.45) is 0 Å². The van der Waals surface area contributed by atoms with Crippen molar-refractivity contribution in [3.05, 3.63) is 79.9 Å². The second-order valence-electron chi connectivity index (χ2n) is 9.13. The first-order valence-electron chi connectivity index (χ1n) is 12.8. The summed E-state index contributed by atoms with van der Waals surface area (Å²) in [5, 5.41) is 10.5. The Bertz CT molecular complexity index is 1500. The van der Waals surface area contributed by atoms with E-state index in [-0.39, 0.29) is 59.5 Å². The van der Waals surface area contributed by atoms with Crippen molar-refractivity contribution in [3.8, 4) is 5.75 Å². The van der Waals surface area contributed by atoms with E-state index in [0.717, 1.165) is 19.3 Å². The van der Waals surface area contributed by atoms with Gasteiger partial charge in [0.1, 0.15) is 23.7 Å². The Kier molecular flexibility index (Phi) is 13.1. The minimum absolute atomic E-state index is 0.0306. The van der Waals surface area contributed by atoms with E-state index in [1.54, 1.807) is 31.1 Å². The molecular formula is C28H32F3N3O8. The Morgan fingerprint density at radius 3 is 2.26 bits per heavy atom. The van der Waals surface area contributed by atoms with E-state index >= 15 is 0 Å². The SMILES string of the molecule is CNCc1c(F)cc(F)cc1F.COc1c(=O)c(C=O)cn2ccn(C3CCC(OC)C3)c(=O)c12.O=CCCC(=O)O. The minimum Gasteiger partial charge on any atom is -0.491 e. The fourth-order valence-corrected chi connectivity index (χ4v) is 4.33. The van der Waals surface area contributed by atoms with Crippen LogP contribution in [-0.4, -0.2) is 60.0 Å². The van der Waals surface area contributed by atoms with E-state index in [1.165, 1.54) is 17.7 Å². The van der Waals surface area contributed by atoms with Gasteiger partial charge < -0.3 is 33.7 Å². The molecule has 1 aliphatic carbocycles. The van der Waals surface area contributed by atoms with Crippen molar-refractivity contribution >= 4 is 24.1 Å². The van der Waals surface area contributed by atoms with E-state index in [0.29, 0.717) is 24.7 Å². The largest absolute Gasteiger partial charge is 0.491 e. The highest BCUT2D eigenvalue weighted by Gasteiger charge is 2.27. The number of hydrogen-bond acceptors (Lipinski definition) is 8. The molecule has 2 aromatic heterocycles. The molecular weight excluding hydrogens is 563 g/mol. The molecule has 2 atom stereocenters. The van der Waals surface area contributed by atoms with Gasteiger partial charge in [0, 0.05) is 62.4 Å². The summed E-state index contributed by atoms with van der Waals surface area (Å²) in [6.45, 7) is 0.0535. The van der Waals surface area contributed by atoms with Crippen LogP contribution in [0.5, 0.6) is 5.75 Å². The van der Waals surface area contributed by atoms with Gasteiger partial charge in [-0.25, -0.2) is 13.2 Å². The number of carbonyl (C=O) groups excluding carboxylic acids is 2. The van der Waals surface area contributed by atoms with Crippen molar-refractivity contribution in [3.63, 3.8) is 0 Å². The van der Waals surface area contributed by atoms with Crippen LogP contribution in [0.4, 0.5) is 13.2 Å². The molecule has 0 aliphatic heterocycles. The number of pyridine rings is 1. The van der Waals surface area contributed by atoms with Gasteiger partial charge in [-0.15, -0.1) is 0 Å². The lowest BCUT2D eigenvalue weighted by molar-refractivity contribution is -0.137. The molecule has 4 rings (SSSR count). The number of halogens is 3. The third-order valence-electron chi connectivity index (χ3n) is 6.39. The molecule has 1 saturated carbocycles. The molecule has 14 heteroatoms. The summed E-state index contributed by atoms with van der Waals surface area (Å²) in [5.41, 5.74) is -0.915. The number of nitrogens with one attached hydrogen (secondary N) is 1. The Hall–Kier alpha value is -4.30. The summed E-state index contributed by atoms with van der Waals surface area (Å²) < 4.78 is 51.5. The van der Waals surface area contributed by atoms with Crippen LogP contribution < -0.4 is 21.0 Å². The van der Waals surface area contributed by atoms with Gasteiger partial charge >= 0.3 is 5.97 Å². The standard InChI is InChI=1S/C16H18N2O5.C8H8F3N.C4H6O3/c1-22-12-4-3-11(7-12)18-6-5-17-8-10(9-19)14(20)15(23-2)13(17)16(18)21;1-12-4-6-7(10)2-5(9)3-8(6)11;5-3-1-2-4(6)7/h5-6,8-9,11-12H,3-4,7H2,1-2H3;2-3,12H,4H2,1H3;3H,1-2H2,(H,6,7). The Morgan fingerprint density at radius 2 is 1.79 bits per heavy atom. The van der Waals surface area contributed by atoms with Crippen molar-refractivity contribution in [2.75, 3.05) is 21.3 Å². The first kappa shape index (κ1) is 33.9. The molecule has 42 heavy (non-hydrogen) atoms. The quantitative estimate of drug-likeness (QED) is 0.357. The summed E-state index contributed by atoms with van der Waals surface area (Å²) in [5.74, 6) is -3.64. The highest BCUT2D eigenvalue weighted by atomic mass is 19.1. The maximum absolute atomic E-state index is 12.8. The van der Waals surface area contributed by atoms with Gasteiger partial charge in [-0.05, 0) is 26.3 Å². The van der Waals surface area contributed by atoms with Crippen molar-refractivity contribution in [1.29, 1.82) is 0 Å². The van der Waals surface area contributed by atoms with Gasteiger partial charge in [0.2, 0.25) is 5.43 Å². The Balaban J connectivity index is 0.000000271. The third kappa shape index (κ3) is 8.60. The predicted molar refractivity (Wildman–Crippen MR) is 146 cm³/mol. The smallest absolute Gasteiger partial charge is 0.303 e. The molecule has 1 aliphatic rings. The van der Waals surface area contributed by atoms with Gasteiger partial charge in [0.05, 0.1) is 25.2 Å². The second-order valence-corrected chi connectivity index (χ2v) is 9.13. The lowest BCUT2D eigenvalue weighted by Crippen LogP contribution is -2.28. The molecule has 1 aromatic carbocycles. The van der Waals surface area contributed by atoms with Crippen LogP contribution in [0.1, 0.15) is 54.1 Å². The van der Waals surface area contributed by atoms with Crippen LogP contribution in [0.25, 0.3) is 5.52 Å². The molecule has 0 spiro atoms. The summed E-state index contributed by atoms with van der Waals surface area (Å²) >= 11 is 0. The first-order chi connectivity index (χ1) is 20.0. The highest BCUT2D eigenvalue weighted by Crippen LogP contribution is 2.30. The van der Waals surface area contributed by atoms with Gasteiger partial charge in [-0.2, -0.15) is 0 Å². The van der Waals surface area contributed by atoms with Gasteiger partial charge in [0.15, 0.2) is 17.6 Å². The number of hydrogen-bond donors (Lipinski definition) is 2. The number of ether oxygens (including phenoxy) is 2. The minimum atomic E-state index is -0.924. The maximum Gasteiger partial charge on any atom is 0.303 e. The zero-order valence-electron chi connectivity index (χ0n) is 23.3. The average Bonchev–Trinajstić information content (AvgIpc) is 3.43. The zero-order valence-corrected chi connectivity index (χ0v) is 23.3. The van der Waals surface area contributed by atoms with Crippen molar-refractivity contribution < 1.29 is 42.1 Å². The number of rotatable bonds is 9. The van der Waals surface area contributed by atoms with E-state index in [1.807, 2.05) is 0 Å². The second kappa shape index (κ2) is 16.2. The molecule has 0 saturated heterocycles. The van der Waals surface area contributed by atoms with Crippen molar-refractivity contribution in [2.45, 2.75) is 50.8 Å². The number of aldehydes is 2. The average molecular weight is 596 g/mol. The number of aliphatic carboxylic acids is 1. The topological polar surface area (TPSA) is 145 Å². The summed E-state index contributed by atoms with van der Waals surface area (Å²) in [4.78, 5) is 55.1. The number of methoxy groups -OCH3 is 2. The third-order valence-corrected chi connectivity index (χ3v) is 6.39. The highest BCUT2D eigenvalue weighted by molar-refractivity contribution is 5.77. The van der Waals surface area contributed by atoms with E-state index in [9.17, 15) is 37.1 Å². The number of fused-ring (bicyclic) bond motifs is 1. The predicted octanol–water partition coefficient (Wildman–Crippen LogP) is 2.90. The maximum atomic E-state index is 12.8. The normalized spacial score (nSPS) is 15.7. The lowest BCUT2D eigenvalue weighted by Gasteiger charge is -2.16. The molecule has 0 bridgehead atoms. The zero-order chi connectivity index (χ0) is 31.4. The molecule has 0 amide bonds. The molecule has 2 unspecified atom stereocenters. The van der Waals surface area contributed by atoms with Crippen LogP contribution >= 0.6 is 0 Å². The summed E-state index contributed by atoms with van der Waals surface area (Å²) in [6.07, 6.45) is 8.44. The summed E-state index contributed by atoms with van der Waals surface area (Å²) in [7, 11) is 4.54. The van der Waals surface area contributed by atoms with Gasteiger partial charge in [0.25, 0.3) is 5.56 Å². The molecule has 11 nitrogen and oxygen atoms in total. The molecule has 2 heterocycles. The molecule has 1 fully saturated rings. The van der Waals surface area contributed by atoms with E-state index < -0.39 is 28.8 Å². The number of carbonyl (C=O) groups is 3. The Morgan fingerprint density at radius 1 is 1.12 bits per heavy atom. The molecule has 2 N–H and O–H groups in total. The van der Waals surface area contributed by atoms with Crippen LogP contribution in [0.3, 0.4) is 0 Å². The number of nitrogens with zero attached hydrogens (tertiary/aromatic N) is 2. The summed E-state index contributed by atoms with van der Waals surface area (Å²) in [6, 6.07) is 1.36. The van der Waals surface area contributed by atoms with Crippen LogP contribution in [0, 0.1) is 17.5 Å². The van der Waals surface area contributed by atoms with Gasteiger partial charge in [-0.3, -0.25) is 19.2 Å². The lowest BCUT2D eigenvalue weighted by atomic mass is 10.2. The monoisotopic (exact) mass is 595 g/mol. The number of carboxylic acid groups (broad SMARTS) is 1. The fourth-order valence-electron chi connectivity index (χ4n) is 4.33. The number of benzene rings is 1. The number of aromatic nitrogens is 2. The van der Waals surface area contributed by atoms with Crippen LogP contribution in [-0.2, 0) is 20.9 Å². The van der Waals surface area contributed by atoms with Gasteiger partial charge in [-0.1, -0.05) is 0 Å². The van der Waals surface area contributed by atoms with Crippen LogP contribution in [0.15, 0.2) is 40.3 Å². The Labute approximate surface area is 238 Å². The molecule has 3 aromatic rings. The van der Waals surface area contributed by atoms with E-state index in [4.69, 9.17) is 14.6 Å². The fraction of sp³-hybridized carbons (Fsp3) is 0.393. The first-order valence-corrected chi connectivity index (χ1v) is 12.8. The number of carboxylic acids is 1. The molecule has 228 valence electrons. The van der Waals surface area contributed by atoms with Crippen molar-refractivity contribution in [1.82, 2.24) is 14.3 Å².